The Morgan fingerprint density at radius 1 is 0.882 bits per heavy atom. The highest BCUT2D eigenvalue weighted by Gasteiger charge is 2.39. The number of ether oxygens (including phenoxy) is 1. The Kier molecular flexibility index (Phi) is 7.67. The van der Waals surface area contributed by atoms with Crippen LogP contribution in [0.25, 0.3) is 0 Å². The van der Waals surface area contributed by atoms with E-state index in [1.54, 1.807) is 24.3 Å². The first-order valence-corrected chi connectivity index (χ1v) is 11.9. The molecule has 3 amide bonds. The maximum atomic E-state index is 12.3. The molecular weight excluding hydrogens is 434 g/mol. The Morgan fingerprint density at radius 2 is 1.56 bits per heavy atom. The fraction of sp³-hybridized carbons (Fsp3) is 0.423. The van der Waals surface area contributed by atoms with E-state index in [1.807, 2.05) is 18.2 Å². The van der Waals surface area contributed by atoms with Crippen LogP contribution in [0.2, 0.25) is 0 Å². The molecule has 4 N–H and O–H groups in total. The maximum absolute atomic E-state index is 12.3. The fourth-order valence-corrected chi connectivity index (χ4v) is 4.40. The molecule has 0 heterocycles. The molecule has 2 aliphatic carbocycles. The molecule has 2 unspecified atom stereocenters. The lowest BCUT2D eigenvalue weighted by molar-refractivity contribution is -0.143. The zero-order chi connectivity index (χ0) is 23.9. The van der Waals surface area contributed by atoms with E-state index < -0.39 is 5.97 Å². The van der Waals surface area contributed by atoms with Gasteiger partial charge in [0.2, 0.25) is 0 Å². The Bertz CT molecular complexity index is 987. The molecular formula is C26H31N3O5. The van der Waals surface area contributed by atoms with Crippen LogP contribution >= 0.6 is 0 Å². The fourth-order valence-electron chi connectivity index (χ4n) is 4.40. The summed E-state index contributed by atoms with van der Waals surface area (Å²) in [5, 5.41) is 17.6. The number of carboxylic acids is 1. The van der Waals surface area contributed by atoms with Crippen molar-refractivity contribution >= 4 is 17.9 Å². The zero-order valence-corrected chi connectivity index (χ0v) is 19.0. The summed E-state index contributed by atoms with van der Waals surface area (Å²) in [7, 11) is 0. The SMILES string of the molecule is O=C(NCCNC(=O)c1ccc(OC2CCC(C(=O)O)CC2)cc1)NC1CC1c1ccccc1. The molecule has 2 saturated carbocycles. The van der Waals surface area contributed by atoms with Crippen LogP contribution in [0.5, 0.6) is 5.75 Å². The van der Waals surface area contributed by atoms with Crippen LogP contribution in [0.1, 0.15) is 53.9 Å². The Balaban J connectivity index is 1.11. The summed E-state index contributed by atoms with van der Waals surface area (Å²) in [6.45, 7) is 0.657. The average Bonchev–Trinajstić information content (AvgIpc) is 3.62. The van der Waals surface area contributed by atoms with E-state index in [0.717, 1.165) is 6.42 Å². The molecule has 0 radical (unpaired) electrons. The minimum Gasteiger partial charge on any atom is -0.490 e. The van der Waals surface area contributed by atoms with Crippen molar-refractivity contribution in [2.75, 3.05) is 13.1 Å². The van der Waals surface area contributed by atoms with Crippen LogP contribution in [0.3, 0.4) is 0 Å². The molecule has 2 aromatic rings. The number of aliphatic carboxylic acids is 1. The van der Waals surface area contributed by atoms with Gasteiger partial charge in [-0.05, 0) is 61.9 Å². The smallest absolute Gasteiger partial charge is 0.315 e. The molecule has 2 atom stereocenters. The van der Waals surface area contributed by atoms with Gasteiger partial charge in [0.15, 0.2) is 0 Å². The summed E-state index contributed by atoms with van der Waals surface area (Å²) in [4.78, 5) is 35.5. The highest BCUT2D eigenvalue weighted by Crippen LogP contribution is 2.40. The number of amides is 3. The number of hydrogen-bond donors (Lipinski definition) is 4. The predicted molar refractivity (Wildman–Crippen MR) is 127 cm³/mol. The van der Waals surface area contributed by atoms with Crippen molar-refractivity contribution < 1.29 is 24.2 Å². The third kappa shape index (κ3) is 6.50. The van der Waals surface area contributed by atoms with Gasteiger partial charge in [0, 0.05) is 30.6 Å². The second-order valence-corrected chi connectivity index (χ2v) is 8.97. The van der Waals surface area contributed by atoms with Crippen LogP contribution in [0.15, 0.2) is 54.6 Å². The van der Waals surface area contributed by atoms with Gasteiger partial charge in [-0.1, -0.05) is 30.3 Å². The highest BCUT2D eigenvalue weighted by molar-refractivity contribution is 5.94. The molecule has 34 heavy (non-hydrogen) atoms. The van der Waals surface area contributed by atoms with Gasteiger partial charge in [-0.2, -0.15) is 0 Å². The molecule has 0 aromatic heterocycles. The standard InChI is InChI=1S/C26H31N3O5/c30-24(18-6-10-20(11-7-18)34-21-12-8-19(9-13-21)25(31)32)27-14-15-28-26(33)29-23-16-22(23)17-4-2-1-3-5-17/h1-7,10-11,19,21-23H,8-9,12-16H2,(H,27,30)(H,31,32)(H2,28,29,33). The maximum Gasteiger partial charge on any atom is 0.315 e. The van der Waals surface area contributed by atoms with Gasteiger partial charge in [-0.3, -0.25) is 9.59 Å². The number of carboxylic acid groups (broad SMARTS) is 1. The second-order valence-electron chi connectivity index (χ2n) is 8.97. The van der Waals surface area contributed by atoms with E-state index in [9.17, 15) is 14.4 Å². The molecule has 0 spiro atoms. The van der Waals surface area contributed by atoms with Gasteiger partial charge in [0.1, 0.15) is 5.75 Å². The summed E-state index contributed by atoms with van der Waals surface area (Å²) in [5.41, 5.74) is 1.75. The molecule has 2 aromatic carbocycles. The van der Waals surface area contributed by atoms with Crippen molar-refractivity contribution in [1.82, 2.24) is 16.0 Å². The van der Waals surface area contributed by atoms with Crippen LogP contribution in [0.4, 0.5) is 4.79 Å². The Labute approximate surface area is 199 Å². The van der Waals surface area contributed by atoms with Crippen molar-refractivity contribution in [3.8, 4) is 5.75 Å². The monoisotopic (exact) mass is 465 g/mol. The molecule has 0 bridgehead atoms. The topological polar surface area (TPSA) is 117 Å². The first-order valence-electron chi connectivity index (χ1n) is 11.9. The Hall–Kier alpha value is -3.55. The third-order valence-electron chi connectivity index (χ3n) is 6.47. The third-order valence-corrected chi connectivity index (χ3v) is 6.47. The first kappa shape index (κ1) is 23.6. The normalized spacial score (nSPS) is 23.4. The van der Waals surface area contributed by atoms with Crippen LogP contribution in [-0.2, 0) is 4.79 Å². The molecule has 0 aliphatic heterocycles. The molecule has 8 heteroatoms. The second kappa shape index (κ2) is 11.0. The largest absolute Gasteiger partial charge is 0.490 e. The van der Waals surface area contributed by atoms with E-state index in [0.29, 0.717) is 56.0 Å². The van der Waals surface area contributed by atoms with Crippen molar-refractivity contribution in [3.05, 3.63) is 65.7 Å². The summed E-state index contributed by atoms with van der Waals surface area (Å²) in [5.74, 6) is -0.182. The minimum absolute atomic E-state index is 0.00566. The van der Waals surface area contributed by atoms with Gasteiger partial charge in [-0.15, -0.1) is 0 Å². The average molecular weight is 466 g/mol. The summed E-state index contributed by atoms with van der Waals surface area (Å²) < 4.78 is 5.94. The first-order chi connectivity index (χ1) is 16.5. The van der Waals surface area contributed by atoms with E-state index in [-0.39, 0.29) is 30.0 Å². The molecule has 180 valence electrons. The van der Waals surface area contributed by atoms with Crippen molar-refractivity contribution in [3.63, 3.8) is 0 Å². The molecule has 2 aliphatic rings. The van der Waals surface area contributed by atoms with Gasteiger partial charge in [0.25, 0.3) is 5.91 Å². The predicted octanol–water partition coefficient (Wildman–Crippen LogP) is 3.29. The number of rotatable bonds is 9. The number of hydrogen-bond acceptors (Lipinski definition) is 4. The van der Waals surface area contributed by atoms with Crippen LogP contribution in [-0.4, -0.2) is 48.2 Å². The van der Waals surface area contributed by atoms with Gasteiger partial charge in [0.05, 0.1) is 12.0 Å². The summed E-state index contributed by atoms with van der Waals surface area (Å²) in [6.07, 6.45) is 3.63. The van der Waals surface area contributed by atoms with Gasteiger partial charge >= 0.3 is 12.0 Å². The zero-order valence-electron chi connectivity index (χ0n) is 19.0. The molecule has 2 fully saturated rings. The van der Waals surface area contributed by atoms with Crippen LogP contribution in [0, 0.1) is 5.92 Å². The molecule has 4 rings (SSSR count). The van der Waals surface area contributed by atoms with Crippen molar-refractivity contribution in [2.24, 2.45) is 5.92 Å². The van der Waals surface area contributed by atoms with E-state index in [1.165, 1.54) is 5.56 Å². The molecule has 0 saturated heterocycles. The number of benzene rings is 2. The lowest BCUT2D eigenvalue weighted by Crippen LogP contribution is -2.41. The van der Waals surface area contributed by atoms with Gasteiger partial charge < -0.3 is 25.8 Å². The quantitative estimate of drug-likeness (QED) is 0.424. The number of urea groups is 1. The van der Waals surface area contributed by atoms with Crippen LogP contribution < -0.4 is 20.7 Å². The van der Waals surface area contributed by atoms with E-state index >= 15 is 0 Å². The summed E-state index contributed by atoms with van der Waals surface area (Å²) in [6, 6.07) is 17.0. The Morgan fingerprint density at radius 3 is 2.24 bits per heavy atom. The molecule has 8 nitrogen and oxygen atoms in total. The minimum atomic E-state index is -0.732. The van der Waals surface area contributed by atoms with Crippen molar-refractivity contribution in [2.45, 2.75) is 50.2 Å². The number of carbonyl (C=O) groups excluding carboxylic acids is 2. The van der Waals surface area contributed by atoms with E-state index in [2.05, 4.69) is 28.1 Å². The van der Waals surface area contributed by atoms with Gasteiger partial charge in [-0.25, -0.2) is 4.79 Å². The number of nitrogens with one attached hydrogen (secondary N) is 3. The lowest BCUT2D eigenvalue weighted by atomic mass is 9.87. The lowest BCUT2D eigenvalue weighted by Gasteiger charge is -2.26. The summed E-state index contributed by atoms with van der Waals surface area (Å²) >= 11 is 0. The van der Waals surface area contributed by atoms with Crippen molar-refractivity contribution in [1.29, 1.82) is 0 Å². The van der Waals surface area contributed by atoms with E-state index in [4.69, 9.17) is 9.84 Å². The highest BCUT2D eigenvalue weighted by atomic mass is 16.5. The number of carbonyl (C=O) groups is 3.